The number of nitrogen functional groups attached to an aromatic ring is 1. The highest BCUT2D eigenvalue weighted by Gasteiger charge is 2.16. The summed E-state index contributed by atoms with van der Waals surface area (Å²) in [6.45, 7) is 0. The normalized spacial score (nSPS) is 10.6. The molecule has 3 nitrogen and oxygen atoms in total. The highest BCUT2D eigenvalue weighted by atomic mass is 35.5. The van der Waals surface area contributed by atoms with Crippen LogP contribution in [0.5, 0.6) is 0 Å². The molecule has 1 heterocycles. The van der Waals surface area contributed by atoms with Crippen molar-refractivity contribution in [2.45, 2.75) is 0 Å². The van der Waals surface area contributed by atoms with Gasteiger partial charge in [0, 0.05) is 5.56 Å². The zero-order valence-corrected chi connectivity index (χ0v) is 11.2. The fourth-order valence-corrected chi connectivity index (χ4v) is 2.38. The van der Waals surface area contributed by atoms with Gasteiger partial charge in [-0.3, -0.25) is 0 Å². The molecule has 0 amide bonds. The monoisotopic (exact) mass is 307 g/mol. The third kappa shape index (κ3) is 2.43. The first kappa shape index (κ1) is 12.7. The maximum absolute atomic E-state index is 6.08. The van der Waals surface area contributed by atoms with E-state index in [2.05, 4.69) is 10.2 Å². The molecule has 0 aliphatic rings. The van der Waals surface area contributed by atoms with Crippen LogP contribution in [0.2, 0.25) is 20.1 Å². The van der Waals surface area contributed by atoms with Crippen LogP contribution in [0.1, 0.15) is 0 Å². The van der Waals surface area contributed by atoms with E-state index in [9.17, 15) is 0 Å². The van der Waals surface area contributed by atoms with Crippen LogP contribution < -0.4 is 5.73 Å². The van der Waals surface area contributed by atoms with Crippen LogP contribution in [0, 0.1) is 0 Å². The van der Waals surface area contributed by atoms with E-state index in [1.165, 1.54) is 6.07 Å². The van der Waals surface area contributed by atoms with E-state index in [-0.39, 0.29) is 15.1 Å². The Morgan fingerprint density at radius 2 is 1.59 bits per heavy atom. The van der Waals surface area contributed by atoms with Gasteiger partial charge in [-0.05, 0) is 18.2 Å². The first-order valence-corrected chi connectivity index (χ1v) is 5.94. The van der Waals surface area contributed by atoms with E-state index in [0.29, 0.717) is 22.1 Å². The second-order valence-corrected chi connectivity index (χ2v) is 4.76. The van der Waals surface area contributed by atoms with Crippen molar-refractivity contribution in [1.29, 1.82) is 0 Å². The average Bonchev–Trinajstić information content (AvgIpc) is 2.29. The van der Waals surface area contributed by atoms with Gasteiger partial charge < -0.3 is 5.73 Å². The van der Waals surface area contributed by atoms with E-state index in [0.717, 1.165) is 0 Å². The molecule has 7 heteroatoms. The molecular weight excluding hydrogens is 304 g/mol. The van der Waals surface area contributed by atoms with Gasteiger partial charge in [-0.25, -0.2) is 0 Å². The van der Waals surface area contributed by atoms with Crippen molar-refractivity contribution in [3.8, 4) is 11.3 Å². The Bertz CT molecular complexity index is 569. The molecule has 0 bridgehead atoms. The predicted molar refractivity (Wildman–Crippen MR) is 71.9 cm³/mol. The van der Waals surface area contributed by atoms with Crippen LogP contribution in [0.4, 0.5) is 5.82 Å². The predicted octanol–water partition coefficient (Wildman–Crippen LogP) is 4.34. The number of anilines is 1. The lowest BCUT2D eigenvalue weighted by Crippen LogP contribution is -1.95. The topological polar surface area (TPSA) is 51.8 Å². The molecule has 0 aliphatic heterocycles. The highest BCUT2D eigenvalue weighted by Crippen LogP contribution is 2.42. The second-order valence-electron chi connectivity index (χ2n) is 3.19. The molecule has 2 N–H and O–H groups in total. The summed E-state index contributed by atoms with van der Waals surface area (Å²) in [6.07, 6.45) is 0. The molecule has 0 saturated heterocycles. The Morgan fingerprint density at radius 1 is 0.882 bits per heavy atom. The lowest BCUT2D eigenvalue weighted by Gasteiger charge is -2.08. The van der Waals surface area contributed by atoms with Crippen LogP contribution >= 0.6 is 46.4 Å². The van der Waals surface area contributed by atoms with E-state index in [4.69, 9.17) is 52.1 Å². The summed E-state index contributed by atoms with van der Waals surface area (Å²) in [5.41, 5.74) is 6.41. The number of nitrogens with zero attached hydrogens (tertiary/aromatic N) is 2. The maximum atomic E-state index is 6.08. The van der Waals surface area contributed by atoms with Gasteiger partial charge in [-0.15, -0.1) is 10.2 Å². The maximum Gasteiger partial charge on any atom is 0.146 e. The summed E-state index contributed by atoms with van der Waals surface area (Å²) in [5.74, 6) is 0.307. The number of hydrogen-bond donors (Lipinski definition) is 1. The molecule has 0 unspecified atom stereocenters. The van der Waals surface area contributed by atoms with Crippen molar-refractivity contribution in [1.82, 2.24) is 10.2 Å². The Labute approximate surface area is 117 Å². The SMILES string of the molecule is Nc1ccc(-c2c(Cl)cc(Cl)c(Cl)c2Cl)nn1. The molecule has 17 heavy (non-hydrogen) atoms. The smallest absolute Gasteiger partial charge is 0.146 e. The molecule has 2 aromatic rings. The zero-order chi connectivity index (χ0) is 12.6. The van der Waals surface area contributed by atoms with E-state index < -0.39 is 0 Å². The van der Waals surface area contributed by atoms with E-state index >= 15 is 0 Å². The highest BCUT2D eigenvalue weighted by molar-refractivity contribution is 6.51. The largest absolute Gasteiger partial charge is 0.382 e. The number of halogens is 4. The second kappa shape index (κ2) is 4.86. The first-order chi connectivity index (χ1) is 8.00. The van der Waals surface area contributed by atoms with Gasteiger partial charge in [0.15, 0.2) is 0 Å². The lowest BCUT2D eigenvalue weighted by molar-refractivity contribution is 1.05. The Hall–Kier alpha value is -0.740. The Morgan fingerprint density at radius 3 is 2.18 bits per heavy atom. The minimum atomic E-state index is 0.228. The molecule has 0 saturated carbocycles. The van der Waals surface area contributed by atoms with Crippen molar-refractivity contribution in [3.05, 3.63) is 38.3 Å². The molecule has 0 spiro atoms. The van der Waals surface area contributed by atoms with Crippen LogP contribution in [0.25, 0.3) is 11.3 Å². The van der Waals surface area contributed by atoms with Gasteiger partial charge in [0.2, 0.25) is 0 Å². The summed E-state index contributed by atoms with van der Waals surface area (Å²) in [7, 11) is 0. The molecule has 1 aromatic heterocycles. The van der Waals surface area contributed by atoms with Crippen molar-refractivity contribution in [3.63, 3.8) is 0 Å². The number of rotatable bonds is 1. The van der Waals surface area contributed by atoms with Crippen LogP contribution in [-0.4, -0.2) is 10.2 Å². The van der Waals surface area contributed by atoms with E-state index in [1.54, 1.807) is 12.1 Å². The van der Waals surface area contributed by atoms with Crippen molar-refractivity contribution >= 4 is 52.2 Å². The standard InChI is InChI=1S/C10H5Cl4N3/c11-4-3-5(12)9(13)10(14)8(4)6-1-2-7(15)17-16-6/h1-3H,(H2,15,17). The molecule has 0 radical (unpaired) electrons. The number of hydrogen-bond acceptors (Lipinski definition) is 3. The van der Waals surface area contributed by atoms with Crippen LogP contribution in [-0.2, 0) is 0 Å². The number of benzene rings is 1. The van der Waals surface area contributed by atoms with Crippen molar-refractivity contribution in [2.24, 2.45) is 0 Å². The van der Waals surface area contributed by atoms with Gasteiger partial charge in [-0.2, -0.15) is 0 Å². The molecule has 0 aliphatic carbocycles. The fraction of sp³-hybridized carbons (Fsp3) is 0. The minimum Gasteiger partial charge on any atom is -0.382 e. The van der Waals surface area contributed by atoms with Gasteiger partial charge in [0.25, 0.3) is 0 Å². The summed E-state index contributed by atoms with van der Waals surface area (Å²) in [5, 5.41) is 8.72. The fourth-order valence-electron chi connectivity index (χ4n) is 1.28. The van der Waals surface area contributed by atoms with Gasteiger partial charge in [0.1, 0.15) is 5.82 Å². The Balaban J connectivity index is 2.67. The average molecular weight is 309 g/mol. The third-order valence-corrected chi connectivity index (χ3v) is 3.62. The third-order valence-electron chi connectivity index (χ3n) is 2.06. The van der Waals surface area contributed by atoms with Gasteiger partial charge in [-0.1, -0.05) is 46.4 Å². The number of aromatic nitrogens is 2. The summed E-state index contributed by atoms with van der Waals surface area (Å²) in [6, 6.07) is 4.75. The van der Waals surface area contributed by atoms with Crippen molar-refractivity contribution < 1.29 is 0 Å². The van der Waals surface area contributed by atoms with E-state index in [1.807, 2.05) is 0 Å². The lowest BCUT2D eigenvalue weighted by atomic mass is 10.1. The molecule has 88 valence electrons. The summed E-state index contributed by atoms with van der Waals surface area (Å²) < 4.78 is 0. The Kier molecular flexibility index (Phi) is 3.64. The minimum absolute atomic E-state index is 0.228. The van der Waals surface area contributed by atoms with Gasteiger partial charge in [0.05, 0.1) is 25.8 Å². The van der Waals surface area contributed by atoms with Crippen LogP contribution in [0.15, 0.2) is 18.2 Å². The zero-order valence-electron chi connectivity index (χ0n) is 8.22. The molecule has 0 atom stereocenters. The molecule has 0 fully saturated rings. The molecule has 2 rings (SSSR count). The van der Waals surface area contributed by atoms with Crippen molar-refractivity contribution in [2.75, 3.05) is 5.73 Å². The number of nitrogens with two attached hydrogens (primary N) is 1. The molecular formula is C10H5Cl4N3. The first-order valence-electron chi connectivity index (χ1n) is 4.43. The molecule has 1 aromatic carbocycles. The summed E-state index contributed by atoms with van der Waals surface area (Å²) >= 11 is 23.9. The van der Waals surface area contributed by atoms with Crippen LogP contribution in [0.3, 0.4) is 0 Å². The quantitative estimate of drug-likeness (QED) is 0.630. The van der Waals surface area contributed by atoms with Gasteiger partial charge >= 0.3 is 0 Å². The summed E-state index contributed by atoms with van der Waals surface area (Å²) in [4.78, 5) is 0.